The summed E-state index contributed by atoms with van der Waals surface area (Å²) < 4.78 is 49.0. The van der Waals surface area contributed by atoms with Crippen molar-refractivity contribution in [1.82, 2.24) is 19.6 Å². The van der Waals surface area contributed by atoms with Crippen LogP contribution in [0.2, 0.25) is 0 Å². The number of nitrogens with two attached hydrogens (primary N) is 2. The van der Waals surface area contributed by atoms with Crippen molar-refractivity contribution in [2.75, 3.05) is 102 Å². The Kier molecular flexibility index (Phi) is 43.1. The molecule has 0 aromatic heterocycles. The number of hydrogen-bond acceptors (Lipinski definition) is 17. The molecule has 0 radical (unpaired) electrons. The lowest BCUT2D eigenvalue weighted by atomic mass is 9.97. The molecule has 2 aliphatic heterocycles. The second kappa shape index (κ2) is 43.8. The number of ether oxygens (including phenoxy) is 9. The summed E-state index contributed by atoms with van der Waals surface area (Å²) in [5.74, 6) is 39.2. The van der Waals surface area contributed by atoms with Gasteiger partial charge in [0.1, 0.15) is 52.0 Å². The van der Waals surface area contributed by atoms with E-state index in [0.717, 1.165) is 43.3 Å². The van der Waals surface area contributed by atoms with Gasteiger partial charge in [-0.15, -0.1) is 0 Å². The molecule has 5 atom stereocenters. The Labute approximate surface area is 603 Å². The standard InChI is InChI=1S/C21H33NO4.2C16H27NO3.C11H21NO.2C8H15NO/c1-16(9-10-21(2,3)4)22(11-12-23-5)15-18-19(25-7)13-17(24-6)14-20(18)26-8;2*1-14(2,3)10-9-12-11-19-16(7,8)17(12)13(18)20-15(4,5)6;1-11(2,3)7-6-8-12(4)9-10-13-5;2*1-8(2,3)5-4-7(9)6-10/h13-14,16H,11-12,15H2,1-8H3;2*12H,11H2,1-8H3;8-10H2,1-5H3;2*7,10H,6,9H2,1-3H3/t;2*12-;;2*7-/m.10.10/s1. The number of methoxy groups -OCH3 is 5. The minimum Gasteiger partial charge on any atom is -0.496 e. The van der Waals surface area contributed by atoms with Gasteiger partial charge in [-0.1, -0.05) is 71.0 Å². The smallest absolute Gasteiger partial charge is 0.413 e. The lowest BCUT2D eigenvalue weighted by molar-refractivity contribution is -0.0619. The first-order chi connectivity index (χ1) is 44.7. The van der Waals surface area contributed by atoms with E-state index in [1.807, 2.05) is 164 Å². The molecule has 19 heteroatoms. The van der Waals surface area contributed by atoms with Crippen LogP contribution in [0.5, 0.6) is 17.2 Å². The highest BCUT2D eigenvalue weighted by atomic mass is 16.6. The molecular formula is C80H138N6O13. The molecule has 2 saturated heterocycles. The molecule has 6 N–H and O–H groups in total. The molecule has 1 unspecified atom stereocenters. The van der Waals surface area contributed by atoms with Crippen LogP contribution in [0.25, 0.3) is 0 Å². The number of aliphatic hydroxyl groups excluding tert-OH is 2. The van der Waals surface area contributed by atoms with Gasteiger partial charge in [-0.2, -0.15) is 0 Å². The Balaban J connectivity index is -0.00000116. The van der Waals surface area contributed by atoms with E-state index in [2.05, 4.69) is 136 Å². The number of carbonyl (C=O) groups excluding carboxylic acids is 2. The van der Waals surface area contributed by atoms with Crippen molar-refractivity contribution in [3.05, 3.63) is 17.7 Å². The largest absolute Gasteiger partial charge is 0.496 e. The van der Waals surface area contributed by atoms with E-state index in [0.29, 0.717) is 32.1 Å². The number of amides is 2. The minimum atomic E-state index is -0.695. The van der Waals surface area contributed by atoms with E-state index in [4.69, 9.17) is 64.3 Å². The first kappa shape index (κ1) is 97.3. The van der Waals surface area contributed by atoms with E-state index in [-0.39, 0.29) is 88.1 Å². The third kappa shape index (κ3) is 49.4. The molecule has 2 aliphatic rings. The fraction of sp³-hybridized carbons (Fsp3) is 0.750. The molecule has 0 saturated carbocycles. The molecule has 99 heavy (non-hydrogen) atoms. The maximum atomic E-state index is 12.4. The highest BCUT2D eigenvalue weighted by Gasteiger charge is 2.46. The SMILES string of the molecule is CC(C)(C)C#C[C@@H](N)CO.CC(C)(C)C#C[C@@H]1COC(C)(C)N1C(=O)OC(C)(C)C.CC(C)(C)C#C[C@H](N)CO.CC(C)(C)C#C[C@H]1COC(C)(C)N1C(=O)OC(C)(C)C.COCCN(C)CC#CC(C)(C)C.COCCN(Cc1c(OC)cc(OC)cc1OC)C(C)C#CC(C)(C)C. The van der Waals surface area contributed by atoms with Crippen LogP contribution >= 0.6 is 0 Å². The van der Waals surface area contributed by atoms with Crippen LogP contribution in [0.3, 0.4) is 0 Å². The maximum Gasteiger partial charge on any atom is 0.413 e. The monoisotopic (exact) mass is 1390 g/mol. The Morgan fingerprint density at radius 1 is 0.545 bits per heavy atom. The van der Waals surface area contributed by atoms with Crippen molar-refractivity contribution < 1.29 is 62.4 Å². The van der Waals surface area contributed by atoms with E-state index in [1.54, 1.807) is 45.3 Å². The number of rotatable bonds is 15. The number of aliphatic hydroxyl groups is 2. The lowest BCUT2D eigenvalue weighted by Crippen LogP contribution is -2.49. The molecule has 0 spiro atoms. The maximum absolute atomic E-state index is 12.4. The van der Waals surface area contributed by atoms with Gasteiger partial charge >= 0.3 is 12.2 Å². The van der Waals surface area contributed by atoms with E-state index in [9.17, 15) is 9.59 Å². The molecule has 0 aliphatic carbocycles. The highest BCUT2D eigenvalue weighted by molar-refractivity contribution is 5.71. The summed E-state index contributed by atoms with van der Waals surface area (Å²) in [6, 6.07) is 2.51. The van der Waals surface area contributed by atoms with Gasteiger partial charge < -0.3 is 64.3 Å². The van der Waals surface area contributed by atoms with Crippen LogP contribution in [0.1, 0.15) is 206 Å². The van der Waals surface area contributed by atoms with Crippen molar-refractivity contribution in [3.8, 4) is 88.3 Å². The molecule has 566 valence electrons. The average Bonchev–Trinajstić information content (AvgIpc) is 1.69. The van der Waals surface area contributed by atoms with Gasteiger partial charge in [-0.3, -0.25) is 19.6 Å². The molecule has 1 aromatic rings. The fourth-order valence-corrected chi connectivity index (χ4v) is 7.68. The van der Waals surface area contributed by atoms with E-state index in [1.165, 1.54) is 0 Å². The molecule has 19 nitrogen and oxygen atoms in total. The molecular weight excluding hydrogens is 1250 g/mol. The van der Waals surface area contributed by atoms with Gasteiger partial charge in [0.15, 0.2) is 0 Å². The number of carbonyl (C=O) groups is 2. The topological polar surface area (TPSA) is 223 Å². The first-order valence-electron chi connectivity index (χ1n) is 34.1. The number of nitrogens with zero attached hydrogens (tertiary/aromatic N) is 4. The third-order valence-electron chi connectivity index (χ3n) is 12.5. The van der Waals surface area contributed by atoms with Gasteiger partial charge in [-0.05, 0) is 208 Å². The van der Waals surface area contributed by atoms with Crippen LogP contribution in [0, 0.1) is 104 Å². The lowest BCUT2D eigenvalue weighted by Gasteiger charge is -2.33. The van der Waals surface area contributed by atoms with Crippen molar-refractivity contribution in [1.29, 1.82) is 0 Å². The highest BCUT2D eigenvalue weighted by Crippen LogP contribution is 2.36. The first-order valence-corrected chi connectivity index (χ1v) is 34.1. The van der Waals surface area contributed by atoms with Crippen molar-refractivity contribution in [2.45, 2.75) is 260 Å². The van der Waals surface area contributed by atoms with Crippen molar-refractivity contribution >= 4 is 12.2 Å². The Morgan fingerprint density at radius 3 is 1.17 bits per heavy atom. The van der Waals surface area contributed by atoms with Gasteiger partial charge in [0.25, 0.3) is 0 Å². The van der Waals surface area contributed by atoms with Gasteiger partial charge in [0.2, 0.25) is 0 Å². The molecule has 2 amide bonds. The zero-order valence-electron chi connectivity index (χ0n) is 68.4. The third-order valence-corrected chi connectivity index (χ3v) is 12.5. The second-order valence-electron chi connectivity index (χ2n) is 33.4. The van der Waals surface area contributed by atoms with Crippen molar-refractivity contribution in [3.63, 3.8) is 0 Å². The van der Waals surface area contributed by atoms with Crippen LogP contribution in [0.4, 0.5) is 9.59 Å². The Hall–Kier alpha value is -5.88. The number of likely N-dealkylation sites (N-methyl/N-ethyl adjacent to an activating group) is 1. The molecule has 1 aromatic carbocycles. The normalized spacial score (nSPS) is 16.5. The van der Waals surface area contributed by atoms with Gasteiger partial charge in [0.05, 0.1) is 91.2 Å². The van der Waals surface area contributed by atoms with Crippen LogP contribution in [-0.4, -0.2) is 197 Å². The van der Waals surface area contributed by atoms with Gasteiger partial charge in [-0.25, -0.2) is 9.59 Å². The summed E-state index contributed by atoms with van der Waals surface area (Å²) in [6.07, 6.45) is -0.763. The van der Waals surface area contributed by atoms with Crippen LogP contribution in [0.15, 0.2) is 12.1 Å². The summed E-state index contributed by atoms with van der Waals surface area (Å²) >= 11 is 0. The number of benzene rings is 1. The summed E-state index contributed by atoms with van der Waals surface area (Å²) in [4.78, 5) is 32.3. The minimum absolute atomic E-state index is 0.0210. The van der Waals surface area contributed by atoms with E-state index >= 15 is 0 Å². The molecule has 2 fully saturated rings. The Bertz CT molecular complexity index is 2800. The van der Waals surface area contributed by atoms with Crippen molar-refractivity contribution in [2.24, 2.45) is 44.0 Å². The molecule has 3 rings (SSSR count). The Morgan fingerprint density at radius 2 is 0.879 bits per heavy atom. The summed E-state index contributed by atoms with van der Waals surface area (Å²) in [6.45, 7) is 62.9. The number of hydrogen-bond donors (Lipinski definition) is 4. The summed E-state index contributed by atoms with van der Waals surface area (Å²) in [7, 11) is 10.4. The fourth-order valence-electron chi connectivity index (χ4n) is 7.68. The summed E-state index contributed by atoms with van der Waals surface area (Å²) in [5.41, 5.74) is 9.06. The molecule has 0 bridgehead atoms. The second-order valence-corrected chi connectivity index (χ2v) is 33.4. The van der Waals surface area contributed by atoms with Crippen LogP contribution < -0.4 is 25.7 Å². The van der Waals surface area contributed by atoms with Gasteiger partial charge in [0, 0.05) is 78.5 Å². The quantitative estimate of drug-likeness (QED) is 0.120. The zero-order chi connectivity index (χ0) is 78.0. The summed E-state index contributed by atoms with van der Waals surface area (Å²) in [5, 5.41) is 17.0. The predicted octanol–water partition coefficient (Wildman–Crippen LogP) is 12.7. The zero-order valence-corrected chi connectivity index (χ0v) is 68.4. The van der Waals surface area contributed by atoms with Crippen LogP contribution in [-0.2, 0) is 35.0 Å². The predicted molar refractivity (Wildman–Crippen MR) is 405 cm³/mol. The molecule has 2 heterocycles. The van der Waals surface area contributed by atoms with E-state index < -0.39 is 22.7 Å². The average molecular weight is 1390 g/mol.